The number of aryl methyl sites for hydroxylation is 1. The van der Waals surface area contributed by atoms with E-state index in [0.717, 1.165) is 19.4 Å². The minimum absolute atomic E-state index is 0.0255. The fourth-order valence-electron chi connectivity index (χ4n) is 3.68. The summed E-state index contributed by atoms with van der Waals surface area (Å²) in [5.74, 6) is 0. The third kappa shape index (κ3) is 4.08. The Balaban J connectivity index is 2.12. The van der Waals surface area contributed by atoms with Crippen LogP contribution in [0.15, 0.2) is 24.3 Å². The fraction of sp³-hybridized carbons (Fsp3) is 0.684. The monoisotopic (exact) mass is 289 g/mol. The normalized spacial score (nSPS) is 19.4. The number of hydrogen-bond donors (Lipinski definition) is 1. The van der Waals surface area contributed by atoms with Crippen LogP contribution in [0.1, 0.15) is 57.1 Å². The third-order valence-electron chi connectivity index (χ3n) is 5.06. The zero-order valence-corrected chi connectivity index (χ0v) is 14.0. The smallest absolute Gasteiger partial charge is 0.0834 e. The van der Waals surface area contributed by atoms with E-state index in [4.69, 9.17) is 4.74 Å². The highest BCUT2D eigenvalue weighted by molar-refractivity contribution is 5.24. The van der Waals surface area contributed by atoms with Crippen LogP contribution in [0.5, 0.6) is 0 Å². The number of hydrogen-bond acceptors (Lipinski definition) is 2. The SMILES string of the molecule is CCNC(Cc1ccc(CC)cc1)C1(OC)CCCCC1. The Labute approximate surface area is 130 Å². The van der Waals surface area contributed by atoms with E-state index < -0.39 is 0 Å². The van der Waals surface area contributed by atoms with Gasteiger partial charge in [0.25, 0.3) is 0 Å². The van der Waals surface area contributed by atoms with Gasteiger partial charge in [0, 0.05) is 13.2 Å². The van der Waals surface area contributed by atoms with Crippen molar-refractivity contribution in [2.24, 2.45) is 0 Å². The van der Waals surface area contributed by atoms with E-state index in [0.29, 0.717) is 6.04 Å². The van der Waals surface area contributed by atoms with Gasteiger partial charge in [-0.1, -0.05) is 57.4 Å². The summed E-state index contributed by atoms with van der Waals surface area (Å²) in [6, 6.07) is 9.52. The van der Waals surface area contributed by atoms with Crippen LogP contribution in [0.2, 0.25) is 0 Å². The zero-order chi connectivity index (χ0) is 15.1. The molecular formula is C19H31NO. The summed E-state index contributed by atoms with van der Waals surface area (Å²) in [6.07, 6.45) is 8.50. The fourth-order valence-corrected chi connectivity index (χ4v) is 3.68. The van der Waals surface area contributed by atoms with Crippen molar-refractivity contribution in [3.05, 3.63) is 35.4 Å². The van der Waals surface area contributed by atoms with Crippen LogP contribution in [0.3, 0.4) is 0 Å². The average Bonchev–Trinajstić information content (AvgIpc) is 2.56. The number of likely N-dealkylation sites (N-methyl/N-ethyl adjacent to an activating group) is 1. The first-order chi connectivity index (χ1) is 10.2. The summed E-state index contributed by atoms with van der Waals surface area (Å²) >= 11 is 0. The lowest BCUT2D eigenvalue weighted by Crippen LogP contribution is -2.54. The summed E-state index contributed by atoms with van der Waals surface area (Å²) in [6.45, 7) is 5.40. The maximum atomic E-state index is 6.05. The molecule has 0 spiro atoms. The molecule has 1 aromatic carbocycles. The van der Waals surface area contributed by atoms with E-state index in [1.807, 2.05) is 7.11 Å². The van der Waals surface area contributed by atoms with Gasteiger partial charge in [-0.15, -0.1) is 0 Å². The predicted molar refractivity (Wildman–Crippen MR) is 89.8 cm³/mol. The molecule has 2 heteroatoms. The molecule has 1 aliphatic carbocycles. The van der Waals surface area contributed by atoms with E-state index in [9.17, 15) is 0 Å². The first-order valence-electron chi connectivity index (χ1n) is 8.60. The molecule has 1 saturated carbocycles. The zero-order valence-electron chi connectivity index (χ0n) is 14.0. The summed E-state index contributed by atoms with van der Waals surface area (Å²) in [5.41, 5.74) is 2.86. The van der Waals surface area contributed by atoms with Crippen LogP contribution in [-0.2, 0) is 17.6 Å². The highest BCUT2D eigenvalue weighted by atomic mass is 16.5. The average molecular weight is 289 g/mol. The quantitative estimate of drug-likeness (QED) is 0.815. The van der Waals surface area contributed by atoms with Gasteiger partial charge in [0.15, 0.2) is 0 Å². The van der Waals surface area contributed by atoms with Crippen molar-refractivity contribution in [2.45, 2.75) is 70.4 Å². The molecule has 1 aliphatic rings. The van der Waals surface area contributed by atoms with Crippen LogP contribution in [-0.4, -0.2) is 25.3 Å². The summed E-state index contributed by atoms with van der Waals surface area (Å²) in [7, 11) is 1.90. The van der Waals surface area contributed by atoms with Crippen LogP contribution in [0.25, 0.3) is 0 Å². The molecule has 0 aromatic heterocycles. The second-order valence-corrected chi connectivity index (χ2v) is 6.31. The Bertz CT molecular complexity index is 406. The lowest BCUT2D eigenvalue weighted by atomic mass is 9.77. The number of rotatable bonds is 7. The Morgan fingerprint density at radius 1 is 1.05 bits per heavy atom. The Kier molecular flexibility index (Phi) is 6.25. The third-order valence-corrected chi connectivity index (χ3v) is 5.06. The van der Waals surface area contributed by atoms with Crippen molar-refractivity contribution in [1.82, 2.24) is 5.32 Å². The molecule has 118 valence electrons. The molecular weight excluding hydrogens is 258 g/mol. The minimum atomic E-state index is 0.0255. The summed E-state index contributed by atoms with van der Waals surface area (Å²) < 4.78 is 6.05. The van der Waals surface area contributed by atoms with Gasteiger partial charge in [0.05, 0.1) is 5.60 Å². The largest absolute Gasteiger partial charge is 0.377 e. The molecule has 1 aromatic rings. The van der Waals surface area contributed by atoms with Crippen LogP contribution >= 0.6 is 0 Å². The molecule has 1 N–H and O–H groups in total. The van der Waals surface area contributed by atoms with E-state index in [1.54, 1.807) is 0 Å². The molecule has 1 fully saturated rings. The van der Waals surface area contributed by atoms with Gasteiger partial charge in [0.1, 0.15) is 0 Å². The second-order valence-electron chi connectivity index (χ2n) is 6.31. The van der Waals surface area contributed by atoms with E-state index in [2.05, 4.69) is 43.4 Å². The summed E-state index contributed by atoms with van der Waals surface area (Å²) in [5, 5.41) is 3.70. The van der Waals surface area contributed by atoms with Gasteiger partial charge in [-0.2, -0.15) is 0 Å². The molecule has 2 nitrogen and oxygen atoms in total. The Morgan fingerprint density at radius 3 is 2.19 bits per heavy atom. The highest BCUT2D eigenvalue weighted by Gasteiger charge is 2.39. The molecule has 1 atom stereocenters. The molecule has 0 radical (unpaired) electrons. The van der Waals surface area contributed by atoms with Gasteiger partial charge in [0.2, 0.25) is 0 Å². The molecule has 0 saturated heterocycles. The standard InChI is InChI=1S/C19H31NO/c1-4-16-9-11-17(12-10-16)15-18(20-5-2)19(21-3)13-7-6-8-14-19/h9-12,18,20H,4-8,13-15H2,1-3H3. The highest BCUT2D eigenvalue weighted by Crippen LogP contribution is 2.35. The van der Waals surface area contributed by atoms with Gasteiger partial charge < -0.3 is 10.1 Å². The van der Waals surface area contributed by atoms with E-state index in [1.165, 1.54) is 43.2 Å². The van der Waals surface area contributed by atoms with Gasteiger partial charge in [-0.3, -0.25) is 0 Å². The van der Waals surface area contributed by atoms with Crippen LogP contribution in [0, 0.1) is 0 Å². The van der Waals surface area contributed by atoms with Crippen molar-refractivity contribution in [3.8, 4) is 0 Å². The van der Waals surface area contributed by atoms with Crippen LogP contribution < -0.4 is 5.32 Å². The lowest BCUT2D eigenvalue weighted by Gasteiger charge is -2.43. The van der Waals surface area contributed by atoms with Gasteiger partial charge in [-0.25, -0.2) is 0 Å². The number of benzene rings is 1. The van der Waals surface area contributed by atoms with Gasteiger partial charge >= 0.3 is 0 Å². The first-order valence-corrected chi connectivity index (χ1v) is 8.60. The van der Waals surface area contributed by atoms with Crippen molar-refractivity contribution in [3.63, 3.8) is 0 Å². The molecule has 1 unspecified atom stereocenters. The minimum Gasteiger partial charge on any atom is -0.377 e. The molecule has 0 bridgehead atoms. The maximum absolute atomic E-state index is 6.05. The Morgan fingerprint density at radius 2 is 1.67 bits per heavy atom. The predicted octanol–water partition coefficient (Wildman–Crippen LogP) is 4.12. The van der Waals surface area contributed by atoms with E-state index in [-0.39, 0.29) is 5.60 Å². The van der Waals surface area contributed by atoms with Crippen molar-refractivity contribution in [1.29, 1.82) is 0 Å². The van der Waals surface area contributed by atoms with Crippen molar-refractivity contribution < 1.29 is 4.74 Å². The number of nitrogens with one attached hydrogen (secondary N) is 1. The lowest BCUT2D eigenvalue weighted by molar-refractivity contribution is -0.0669. The Hall–Kier alpha value is -0.860. The second kappa shape index (κ2) is 7.95. The molecule has 0 amide bonds. The van der Waals surface area contributed by atoms with Crippen molar-refractivity contribution >= 4 is 0 Å². The molecule has 21 heavy (non-hydrogen) atoms. The topological polar surface area (TPSA) is 21.3 Å². The van der Waals surface area contributed by atoms with Crippen LogP contribution in [0.4, 0.5) is 0 Å². The number of methoxy groups -OCH3 is 1. The first kappa shape index (κ1) is 16.5. The van der Waals surface area contributed by atoms with Crippen molar-refractivity contribution in [2.75, 3.05) is 13.7 Å². The van der Waals surface area contributed by atoms with E-state index >= 15 is 0 Å². The molecule has 0 aliphatic heterocycles. The van der Waals surface area contributed by atoms with Gasteiger partial charge in [-0.05, 0) is 43.4 Å². The number of ether oxygens (including phenoxy) is 1. The molecule has 2 rings (SSSR count). The maximum Gasteiger partial charge on any atom is 0.0834 e. The summed E-state index contributed by atoms with van der Waals surface area (Å²) in [4.78, 5) is 0. The molecule has 0 heterocycles.